The van der Waals surface area contributed by atoms with E-state index in [0.29, 0.717) is 12.1 Å². The Balaban J connectivity index is 1.32. The van der Waals surface area contributed by atoms with E-state index in [-0.39, 0.29) is 0 Å². The molecule has 0 aromatic heterocycles. The molecule has 0 atom stereocenters. The molecule has 3 saturated carbocycles. The van der Waals surface area contributed by atoms with Crippen LogP contribution < -0.4 is 9.80 Å². The summed E-state index contributed by atoms with van der Waals surface area (Å²) >= 11 is 0. The molecule has 2 heteroatoms. The van der Waals surface area contributed by atoms with Gasteiger partial charge < -0.3 is 9.80 Å². The molecule has 0 saturated heterocycles. The number of benzene rings is 2. The topological polar surface area (TPSA) is 6.48 Å². The molecule has 2 aromatic rings. The molecule has 0 unspecified atom stereocenters. The standard InChI is InChI=1S/C30H42N2/c1-5-13-25(14-6-1)31(26-15-7-2-8-16-26)29-21-23-30(24-22-29)32(27-17-9-3-10-18-27)28-19-11-4-12-20-28/h1,3,5-6,9-10,13-14,17-18,26,28-30H,2,4,7-8,11-12,15-16,19-24H2. The van der Waals surface area contributed by atoms with Crippen LogP contribution in [-0.2, 0) is 0 Å². The molecular formula is C30H42N2. The van der Waals surface area contributed by atoms with Crippen LogP contribution in [0.25, 0.3) is 0 Å². The summed E-state index contributed by atoms with van der Waals surface area (Å²) < 4.78 is 0. The molecule has 32 heavy (non-hydrogen) atoms. The molecule has 3 fully saturated rings. The van der Waals surface area contributed by atoms with Gasteiger partial charge in [0, 0.05) is 35.5 Å². The molecule has 0 spiro atoms. The SMILES string of the molecule is c1ccc(N(C2CCCCC2)C2CCC(N(c3ccccc3)C3CCCCC3)CC2)cc1. The first-order chi connectivity index (χ1) is 15.9. The first-order valence-corrected chi connectivity index (χ1v) is 13.6. The van der Waals surface area contributed by atoms with E-state index in [9.17, 15) is 0 Å². The average molecular weight is 431 g/mol. The van der Waals surface area contributed by atoms with Crippen molar-refractivity contribution in [3.05, 3.63) is 60.7 Å². The molecule has 0 amide bonds. The fourth-order valence-corrected chi connectivity index (χ4v) is 6.97. The highest BCUT2D eigenvalue weighted by Gasteiger charge is 2.35. The van der Waals surface area contributed by atoms with Gasteiger partial charge in [-0.15, -0.1) is 0 Å². The summed E-state index contributed by atoms with van der Waals surface area (Å²) in [6.45, 7) is 0. The zero-order valence-corrected chi connectivity index (χ0v) is 19.9. The minimum Gasteiger partial charge on any atom is -0.366 e. The third-order valence-electron chi connectivity index (χ3n) is 8.50. The molecule has 2 aromatic carbocycles. The van der Waals surface area contributed by atoms with Crippen LogP contribution >= 0.6 is 0 Å². The van der Waals surface area contributed by atoms with Crippen LogP contribution in [-0.4, -0.2) is 24.2 Å². The monoisotopic (exact) mass is 430 g/mol. The van der Waals surface area contributed by atoms with Crippen molar-refractivity contribution in [1.29, 1.82) is 0 Å². The second-order valence-corrected chi connectivity index (χ2v) is 10.5. The van der Waals surface area contributed by atoms with E-state index in [1.807, 2.05) is 0 Å². The van der Waals surface area contributed by atoms with Crippen LogP contribution in [0.15, 0.2) is 60.7 Å². The third kappa shape index (κ3) is 5.00. The van der Waals surface area contributed by atoms with Gasteiger partial charge in [-0.05, 0) is 75.6 Å². The summed E-state index contributed by atoms with van der Waals surface area (Å²) in [5, 5.41) is 0. The maximum Gasteiger partial charge on any atom is 0.0371 e. The fraction of sp³-hybridized carbons (Fsp3) is 0.600. The predicted molar refractivity (Wildman–Crippen MR) is 138 cm³/mol. The smallest absolute Gasteiger partial charge is 0.0371 e. The van der Waals surface area contributed by atoms with Crippen LogP contribution in [0.4, 0.5) is 11.4 Å². The maximum absolute atomic E-state index is 2.86. The van der Waals surface area contributed by atoms with Gasteiger partial charge in [0.05, 0.1) is 0 Å². The number of anilines is 2. The van der Waals surface area contributed by atoms with Crippen molar-refractivity contribution >= 4 is 11.4 Å². The highest BCUT2D eigenvalue weighted by Crippen LogP contribution is 2.38. The van der Waals surface area contributed by atoms with Gasteiger partial charge in [0.15, 0.2) is 0 Å². The lowest BCUT2D eigenvalue weighted by Gasteiger charge is -2.48. The van der Waals surface area contributed by atoms with Gasteiger partial charge in [0.2, 0.25) is 0 Å². The molecular weight excluding hydrogens is 388 g/mol. The Bertz CT molecular complexity index is 715. The molecule has 5 rings (SSSR count). The summed E-state index contributed by atoms with van der Waals surface area (Å²) in [6.07, 6.45) is 19.4. The average Bonchev–Trinajstić information content (AvgIpc) is 2.88. The summed E-state index contributed by atoms with van der Waals surface area (Å²) in [5.74, 6) is 0. The van der Waals surface area contributed by atoms with Crippen LogP contribution in [0.1, 0.15) is 89.9 Å². The van der Waals surface area contributed by atoms with Crippen LogP contribution in [0.2, 0.25) is 0 Å². The normalized spacial score (nSPS) is 25.4. The first kappa shape index (κ1) is 21.9. The van der Waals surface area contributed by atoms with Crippen molar-refractivity contribution < 1.29 is 0 Å². The molecule has 2 nitrogen and oxygen atoms in total. The number of hydrogen-bond acceptors (Lipinski definition) is 2. The van der Waals surface area contributed by atoms with Gasteiger partial charge >= 0.3 is 0 Å². The largest absolute Gasteiger partial charge is 0.366 e. The van der Waals surface area contributed by atoms with Crippen LogP contribution in [0.3, 0.4) is 0 Å². The third-order valence-corrected chi connectivity index (χ3v) is 8.50. The minimum absolute atomic E-state index is 0.709. The van der Waals surface area contributed by atoms with Crippen molar-refractivity contribution in [1.82, 2.24) is 0 Å². The van der Waals surface area contributed by atoms with E-state index >= 15 is 0 Å². The Morgan fingerprint density at radius 2 is 0.688 bits per heavy atom. The van der Waals surface area contributed by atoms with E-state index in [1.54, 1.807) is 0 Å². The summed E-state index contributed by atoms with van der Waals surface area (Å²) in [5.41, 5.74) is 2.94. The van der Waals surface area contributed by atoms with Crippen LogP contribution in [0, 0.1) is 0 Å². The second-order valence-electron chi connectivity index (χ2n) is 10.5. The van der Waals surface area contributed by atoms with Crippen molar-refractivity contribution in [2.24, 2.45) is 0 Å². The van der Waals surface area contributed by atoms with Gasteiger partial charge in [-0.2, -0.15) is 0 Å². The zero-order valence-electron chi connectivity index (χ0n) is 19.9. The van der Waals surface area contributed by atoms with E-state index < -0.39 is 0 Å². The van der Waals surface area contributed by atoms with Crippen LogP contribution in [0.5, 0.6) is 0 Å². The molecule has 3 aliphatic rings. The van der Waals surface area contributed by atoms with E-state index in [4.69, 9.17) is 0 Å². The zero-order chi connectivity index (χ0) is 21.6. The van der Waals surface area contributed by atoms with Gasteiger partial charge in [-0.1, -0.05) is 74.9 Å². The fourth-order valence-electron chi connectivity index (χ4n) is 6.97. The Morgan fingerprint density at radius 1 is 0.375 bits per heavy atom. The van der Waals surface area contributed by atoms with Crippen molar-refractivity contribution in [3.8, 4) is 0 Å². The lowest BCUT2D eigenvalue weighted by atomic mass is 9.84. The van der Waals surface area contributed by atoms with Crippen molar-refractivity contribution in [3.63, 3.8) is 0 Å². The van der Waals surface area contributed by atoms with Gasteiger partial charge in [0.1, 0.15) is 0 Å². The molecule has 0 aliphatic heterocycles. The Kier molecular flexibility index (Phi) is 7.36. The molecule has 3 aliphatic carbocycles. The van der Waals surface area contributed by atoms with Crippen molar-refractivity contribution in [2.75, 3.05) is 9.80 Å². The molecule has 0 radical (unpaired) electrons. The second kappa shape index (κ2) is 10.8. The summed E-state index contributed by atoms with van der Waals surface area (Å²) in [7, 11) is 0. The van der Waals surface area contributed by atoms with E-state index in [0.717, 1.165) is 12.1 Å². The Morgan fingerprint density at radius 3 is 1.03 bits per heavy atom. The van der Waals surface area contributed by atoms with Gasteiger partial charge in [-0.25, -0.2) is 0 Å². The number of para-hydroxylation sites is 2. The Labute approximate surface area is 196 Å². The minimum atomic E-state index is 0.709. The number of hydrogen-bond donors (Lipinski definition) is 0. The predicted octanol–water partition coefficient (Wildman–Crippen LogP) is 7.98. The van der Waals surface area contributed by atoms with E-state index in [1.165, 1.54) is 101 Å². The summed E-state index contributed by atoms with van der Waals surface area (Å²) in [6, 6.07) is 25.6. The number of nitrogens with zero attached hydrogens (tertiary/aromatic N) is 2. The highest BCUT2D eigenvalue weighted by molar-refractivity contribution is 5.50. The molecule has 0 N–H and O–H groups in total. The highest BCUT2D eigenvalue weighted by atomic mass is 15.2. The maximum atomic E-state index is 2.86. The molecule has 172 valence electrons. The van der Waals surface area contributed by atoms with Gasteiger partial charge in [0.25, 0.3) is 0 Å². The molecule has 0 bridgehead atoms. The first-order valence-electron chi connectivity index (χ1n) is 13.6. The molecule has 0 heterocycles. The Hall–Kier alpha value is -1.96. The number of rotatable bonds is 6. The van der Waals surface area contributed by atoms with E-state index in [2.05, 4.69) is 70.5 Å². The summed E-state index contributed by atoms with van der Waals surface area (Å²) in [4.78, 5) is 5.73. The van der Waals surface area contributed by atoms with Gasteiger partial charge in [-0.3, -0.25) is 0 Å². The lowest BCUT2D eigenvalue weighted by molar-refractivity contribution is 0.294. The quantitative estimate of drug-likeness (QED) is 0.458. The lowest BCUT2D eigenvalue weighted by Crippen LogP contribution is -2.51. The van der Waals surface area contributed by atoms with Crippen molar-refractivity contribution in [2.45, 2.75) is 114 Å².